The standard InChI is InChI=1S/C10H12Cl/c1-2-3-4-9-5-7-10(11)8-6-9/h3,5-8H,2,4H2,1H3. The van der Waals surface area contributed by atoms with Crippen LogP contribution in [0.25, 0.3) is 0 Å². The molecule has 1 aromatic carbocycles. The van der Waals surface area contributed by atoms with Crippen LogP contribution in [-0.2, 0) is 6.42 Å². The van der Waals surface area contributed by atoms with Crippen molar-refractivity contribution < 1.29 is 0 Å². The zero-order chi connectivity index (χ0) is 8.10. The molecule has 0 aliphatic rings. The van der Waals surface area contributed by atoms with E-state index in [1.54, 1.807) is 0 Å². The molecule has 0 saturated carbocycles. The molecule has 0 saturated heterocycles. The van der Waals surface area contributed by atoms with Crippen molar-refractivity contribution in [1.82, 2.24) is 0 Å². The maximum atomic E-state index is 5.74. The zero-order valence-corrected chi connectivity index (χ0v) is 7.43. The Morgan fingerprint density at radius 2 is 1.91 bits per heavy atom. The molecule has 0 aliphatic carbocycles. The molecule has 1 rings (SSSR count). The first-order chi connectivity index (χ1) is 5.33. The fraction of sp³-hybridized carbons (Fsp3) is 0.300. The van der Waals surface area contributed by atoms with Crippen molar-refractivity contribution in [2.45, 2.75) is 19.8 Å². The first kappa shape index (κ1) is 8.61. The van der Waals surface area contributed by atoms with Gasteiger partial charge in [0.2, 0.25) is 0 Å². The molecule has 0 amide bonds. The molecule has 0 heterocycles. The number of unbranched alkanes of at least 4 members (excludes halogenated alkanes) is 1. The molecule has 0 spiro atoms. The molecule has 0 unspecified atom stereocenters. The van der Waals surface area contributed by atoms with Crippen LogP contribution in [0.4, 0.5) is 0 Å². The van der Waals surface area contributed by atoms with Crippen molar-refractivity contribution >= 4 is 11.6 Å². The van der Waals surface area contributed by atoms with Gasteiger partial charge in [0.25, 0.3) is 0 Å². The van der Waals surface area contributed by atoms with Gasteiger partial charge >= 0.3 is 0 Å². The van der Waals surface area contributed by atoms with Crippen LogP contribution in [0, 0.1) is 6.42 Å². The largest absolute Gasteiger partial charge is 0.0843 e. The van der Waals surface area contributed by atoms with Crippen LogP contribution < -0.4 is 0 Å². The van der Waals surface area contributed by atoms with Gasteiger partial charge in [-0.15, -0.1) is 0 Å². The highest BCUT2D eigenvalue weighted by atomic mass is 35.5. The quantitative estimate of drug-likeness (QED) is 0.647. The molecule has 0 aliphatic heterocycles. The highest BCUT2D eigenvalue weighted by molar-refractivity contribution is 6.30. The molecular weight excluding hydrogens is 156 g/mol. The third kappa shape index (κ3) is 2.94. The third-order valence-corrected chi connectivity index (χ3v) is 1.83. The summed E-state index contributed by atoms with van der Waals surface area (Å²) in [7, 11) is 0. The fourth-order valence-corrected chi connectivity index (χ4v) is 1.06. The molecule has 0 atom stereocenters. The van der Waals surface area contributed by atoms with Crippen molar-refractivity contribution in [1.29, 1.82) is 0 Å². The van der Waals surface area contributed by atoms with E-state index in [2.05, 4.69) is 25.5 Å². The van der Waals surface area contributed by atoms with E-state index >= 15 is 0 Å². The van der Waals surface area contributed by atoms with Crippen molar-refractivity contribution in [2.24, 2.45) is 0 Å². The van der Waals surface area contributed by atoms with E-state index in [4.69, 9.17) is 11.6 Å². The van der Waals surface area contributed by atoms with Gasteiger partial charge in [-0.1, -0.05) is 37.1 Å². The Morgan fingerprint density at radius 1 is 1.27 bits per heavy atom. The lowest BCUT2D eigenvalue weighted by atomic mass is 10.1. The Balaban J connectivity index is 2.52. The molecule has 1 aromatic rings. The van der Waals surface area contributed by atoms with E-state index in [1.165, 1.54) is 5.56 Å². The van der Waals surface area contributed by atoms with Crippen LogP contribution in [-0.4, -0.2) is 0 Å². The van der Waals surface area contributed by atoms with Crippen LogP contribution in [0.15, 0.2) is 24.3 Å². The summed E-state index contributed by atoms with van der Waals surface area (Å²) in [5, 5.41) is 0.810. The van der Waals surface area contributed by atoms with Gasteiger partial charge in [-0.05, 0) is 30.5 Å². The first-order valence-electron chi connectivity index (χ1n) is 3.89. The molecule has 11 heavy (non-hydrogen) atoms. The molecule has 59 valence electrons. The Hall–Kier alpha value is -0.490. The van der Waals surface area contributed by atoms with Gasteiger partial charge < -0.3 is 0 Å². The predicted octanol–water partition coefficient (Wildman–Crippen LogP) is 3.50. The minimum atomic E-state index is 0.810. The van der Waals surface area contributed by atoms with E-state index < -0.39 is 0 Å². The van der Waals surface area contributed by atoms with Gasteiger partial charge in [0.15, 0.2) is 0 Å². The molecule has 1 heteroatoms. The number of benzene rings is 1. The lowest BCUT2D eigenvalue weighted by Gasteiger charge is -1.97. The molecular formula is C10H12Cl. The maximum Gasteiger partial charge on any atom is 0.0406 e. The van der Waals surface area contributed by atoms with E-state index in [1.807, 2.05) is 12.1 Å². The summed E-state index contributed by atoms with van der Waals surface area (Å²) in [6, 6.07) is 7.99. The lowest BCUT2D eigenvalue weighted by molar-refractivity contribution is 0.998. The molecule has 0 N–H and O–H groups in total. The minimum Gasteiger partial charge on any atom is -0.0843 e. The van der Waals surface area contributed by atoms with Gasteiger partial charge in [0.1, 0.15) is 0 Å². The summed E-state index contributed by atoms with van der Waals surface area (Å²) in [5.74, 6) is 0. The van der Waals surface area contributed by atoms with Gasteiger partial charge in [-0.25, -0.2) is 0 Å². The topological polar surface area (TPSA) is 0 Å². The Morgan fingerprint density at radius 3 is 2.45 bits per heavy atom. The number of hydrogen-bond acceptors (Lipinski definition) is 0. The second-order valence-corrected chi connectivity index (χ2v) is 2.96. The van der Waals surface area contributed by atoms with Crippen LogP contribution in [0.5, 0.6) is 0 Å². The Bertz CT molecular complexity index is 201. The lowest BCUT2D eigenvalue weighted by Crippen LogP contribution is -1.83. The van der Waals surface area contributed by atoms with Crippen LogP contribution in [0.2, 0.25) is 5.02 Å². The van der Waals surface area contributed by atoms with E-state index in [-0.39, 0.29) is 0 Å². The molecule has 0 aromatic heterocycles. The number of rotatable bonds is 3. The van der Waals surface area contributed by atoms with Crippen LogP contribution in [0.1, 0.15) is 18.9 Å². The Kier molecular flexibility index (Phi) is 3.44. The Labute approximate surface area is 73.2 Å². The van der Waals surface area contributed by atoms with E-state index in [9.17, 15) is 0 Å². The SMILES string of the molecule is CC[CH]Cc1ccc(Cl)cc1. The van der Waals surface area contributed by atoms with Crippen molar-refractivity contribution in [3.63, 3.8) is 0 Å². The summed E-state index contributed by atoms with van der Waals surface area (Å²) in [5.41, 5.74) is 1.33. The van der Waals surface area contributed by atoms with Gasteiger partial charge in [0.05, 0.1) is 0 Å². The van der Waals surface area contributed by atoms with Crippen LogP contribution >= 0.6 is 11.6 Å². The average molecular weight is 168 g/mol. The van der Waals surface area contributed by atoms with E-state index in [0.29, 0.717) is 0 Å². The molecule has 0 fully saturated rings. The molecule has 0 bridgehead atoms. The number of hydrogen-bond donors (Lipinski definition) is 0. The van der Waals surface area contributed by atoms with E-state index in [0.717, 1.165) is 17.9 Å². The summed E-state index contributed by atoms with van der Waals surface area (Å²) in [4.78, 5) is 0. The number of halogens is 1. The first-order valence-corrected chi connectivity index (χ1v) is 4.27. The van der Waals surface area contributed by atoms with Gasteiger partial charge in [-0.2, -0.15) is 0 Å². The third-order valence-electron chi connectivity index (χ3n) is 1.58. The van der Waals surface area contributed by atoms with Crippen molar-refractivity contribution in [3.8, 4) is 0 Å². The fourth-order valence-electron chi connectivity index (χ4n) is 0.931. The normalized spacial score (nSPS) is 10.0. The summed E-state index contributed by atoms with van der Waals surface area (Å²) in [6.45, 7) is 2.15. The average Bonchev–Trinajstić information content (AvgIpc) is 2.04. The predicted molar refractivity (Wildman–Crippen MR) is 49.7 cm³/mol. The van der Waals surface area contributed by atoms with Gasteiger partial charge in [-0.3, -0.25) is 0 Å². The maximum absolute atomic E-state index is 5.74. The van der Waals surface area contributed by atoms with Crippen molar-refractivity contribution in [2.75, 3.05) is 0 Å². The second kappa shape index (κ2) is 4.40. The monoisotopic (exact) mass is 167 g/mol. The smallest absolute Gasteiger partial charge is 0.0406 e. The molecule has 1 radical (unpaired) electrons. The highest BCUT2D eigenvalue weighted by Crippen LogP contribution is 2.10. The van der Waals surface area contributed by atoms with Crippen molar-refractivity contribution in [3.05, 3.63) is 41.3 Å². The molecule has 0 nitrogen and oxygen atoms in total. The zero-order valence-electron chi connectivity index (χ0n) is 6.68. The minimum absolute atomic E-state index is 0.810. The summed E-state index contributed by atoms with van der Waals surface area (Å²) in [6.07, 6.45) is 4.43. The van der Waals surface area contributed by atoms with Crippen LogP contribution in [0.3, 0.4) is 0 Å². The summed E-state index contributed by atoms with van der Waals surface area (Å²) >= 11 is 5.74. The second-order valence-electron chi connectivity index (χ2n) is 2.53. The summed E-state index contributed by atoms with van der Waals surface area (Å²) < 4.78 is 0. The highest BCUT2D eigenvalue weighted by Gasteiger charge is 1.91. The van der Waals surface area contributed by atoms with Gasteiger partial charge in [0, 0.05) is 5.02 Å².